The van der Waals surface area contributed by atoms with Crippen LogP contribution in [0.25, 0.3) is 0 Å². The van der Waals surface area contributed by atoms with E-state index >= 15 is 0 Å². The van der Waals surface area contributed by atoms with Gasteiger partial charge in [0, 0.05) is 17.8 Å². The second kappa shape index (κ2) is 9.50. The first kappa shape index (κ1) is 18.6. The van der Waals surface area contributed by atoms with Crippen molar-refractivity contribution in [1.29, 1.82) is 0 Å². The lowest BCUT2D eigenvalue weighted by Gasteiger charge is -2.15. The molecule has 2 aromatic carbocycles. The number of methoxy groups -OCH3 is 1. The van der Waals surface area contributed by atoms with E-state index in [1.54, 1.807) is 18.9 Å². The first-order valence-electron chi connectivity index (χ1n) is 8.15. The van der Waals surface area contributed by atoms with E-state index < -0.39 is 0 Å². The van der Waals surface area contributed by atoms with E-state index in [1.807, 2.05) is 38.1 Å². The fraction of sp³-hybridized carbons (Fsp3) is 0.350. The van der Waals surface area contributed by atoms with Gasteiger partial charge in [0.1, 0.15) is 0 Å². The number of hydrogen-bond donors (Lipinski definition) is 1. The molecule has 1 atom stereocenters. The van der Waals surface area contributed by atoms with Crippen molar-refractivity contribution in [1.82, 2.24) is 5.32 Å². The standard InChI is InChI=1S/C20H25NO2S/c1-15-4-6-17(7-5-15)14-20(22)21-16(2)18-8-10-19(11-9-18)24-13-12-23-3/h4-11,16H,12-14H2,1-3H3,(H,21,22)/t16-/m0/s1. The van der Waals surface area contributed by atoms with Crippen LogP contribution in [0.1, 0.15) is 29.7 Å². The second-order valence-electron chi connectivity index (χ2n) is 5.86. The van der Waals surface area contributed by atoms with Crippen molar-refractivity contribution in [3.8, 4) is 0 Å². The Morgan fingerprint density at radius 2 is 1.79 bits per heavy atom. The third kappa shape index (κ3) is 6.02. The van der Waals surface area contributed by atoms with E-state index in [9.17, 15) is 4.79 Å². The summed E-state index contributed by atoms with van der Waals surface area (Å²) in [5.74, 6) is 0.989. The fourth-order valence-corrected chi connectivity index (χ4v) is 3.18. The predicted molar refractivity (Wildman–Crippen MR) is 100 cm³/mol. The van der Waals surface area contributed by atoms with Crippen molar-refractivity contribution in [3.63, 3.8) is 0 Å². The zero-order chi connectivity index (χ0) is 17.4. The van der Waals surface area contributed by atoms with Crippen LogP contribution in [0, 0.1) is 6.92 Å². The van der Waals surface area contributed by atoms with Gasteiger partial charge < -0.3 is 10.1 Å². The molecule has 0 unspecified atom stereocenters. The van der Waals surface area contributed by atoms with Gasteiger partial charge in [-0.05, 0) is 37.1 Å². The van der Waals surface area contributed by atoms with Gasteiger partial charge >= 0.3 is 0 Å². The van der Waals surface area contributed by atoms with Crippen LogP contribution in [-0.4, -0.2) is 25.4 Å². The highest BCUT2D eigenvalue weighted by molar-refractivity contribution is 7.99. The number of ether oxygens (including phenoxy) is 1. The fourth-order valence-electron chi connectivity index (χ4n) is 2.36. The number of benzene rings is 2. The highest BCUT2D eigenvalue weighted by Gasteiger charge is 2.10. The van der Waals surface area contributed by atoms with Gasteiger partial charge in [0.2, 0.25) is 5.91 Å². The van der Waals surface area contributed by atoms with Crippen LogP contribution in [0.2, 0.25) is 0 Å². The quantitative estimate of drug-likeness (QED) is 0.578. The first-order valence-corrected chi connectivity index (χ1v) is 9.13. The molecule has 2 aromatic rings. The van der Waals surface area contributed by atoms with Gasteiger partial charge in [-0.1, -0.05) is 42.0 Å². The SMILES string of the molecule is COCCSc1ccc([C@H](C)NC(=O)Cc2ccc(C)cc2)cc1. The maximum atomic E-state index is 12.2. The minimum Gasteiger partial charge on any atom is -0.384 e. The molecule has 0 heterocycles. The van der Waals surface area contributed by atoms with Crippen LogP contribution >= 0.6 is 11.8 Å². The lowest BCUT2D eigenvalue weighted by molar-refractivity contribution is -0.121. The molecule has 24 heavy (non-hydrogen) atoms. The maximum absolute atomic E-state index is 12.2. The molecule has 0 bridgehead atoms. The Balaban J connectivity index is 1.85. The number of aryl methyl sites for hydroxylation is 1. The molecule has 0 aliphatic rings. The zero-order valence-electron chi connectivity index (χ0n) is 14.5. The molecule has 3 nitrogen and oxygen atoms in total. The second-order valence-corrected chi connectivity index (χ2v) is 7.03. The predicted octanol–water partition coefficient (Wildman–Crippen LogP) is 4.15. The molecule has 2 rings (SSSR count). The average Bonchev–Trinajstić information content (AvgIpc) is 2.58. The minimum atomic E-state index is 0.000901. The topological polar surface area (TPSA) is 38.3 Å². The average molecular weight is 343 g/mol. The Hall–Kier alpha value is -1.78. The summed E-state index contributed by atoms with van der Waals surface area (Å²) < 4.78 is 5.06. The molecule has 0 saturated carbocycles. The minimum absolute atomic E-state index is 0.000901. The molecule has 0 radical (unpaired) electrons. The number of carbonyl (C=O) groups is 1. The number of carbonyl (C=O) groups excluding carboxylic acids is 1. The van der Waals surface area contributed by atoms with Crippen molar-refractivity contribution in [2.24, 2.45) is 0 Å². The van der Waals surface area contributed by atoms with Crippen LogP contribution in [-0.2, 0) is 16.0 Å². The number of thioether (sulfide) groups is 1. The van der Waals surface area contributed by atoms with Gasteiger partial charge in [0.05, 0.1) is 19.1 Å². The molecular weight excluding hydrogens is 318 g/mol. The molecule has 0 saturated heterocycles. The van der Waals surface area contributed by atoms with Gasteiger partial charge in [0.25, 0.3) is 0 Å². The van der Waals surface area contributed by atoms with Gasteiger partial charge in [-0.3, -0.25) is 4.79 Å². The van der Waals surface area contributed by atoms with Crippen molar-refractivity contribution in [2.75, 3.05) is 19.5 Å². The number of amides is 1. The summed E-state index contributed by atoms with van der Waals surface area (Å²) in [6.07, 6.45) is 0.412. The van der Waals surface area contributed by atoms with Crippen molar-refractivity contribution < 1.29 is 9.53 Å². The van der Waals surface area contributed by atoms with Crippen LogP contribution in [0.3, 0.4) is 0 Å². The van der Waals surface area contributed by atoms with Crippen LogP contribution < -0.4 is 5.32 Å². The van der Waals surface area contributed by atoms with Crippen LogP contribution in [0.5, 0.6) is 0 Å². The summed E-state index contributed by atoms with van der Waals surface area (Å²) in [7, 11) is 1.71. The van der Waals surface area contributed by atoms with E-state index in [1.165, 1.54) is 10.5 Å². The van der Waals surface area contributed by atoms with E-state index in [0.717, 1.165) is 23.5 Å². The van der Waals surface area contributed by atoms with Gasteiger partial charge in [-0.25, -0.2) is 0 Å². The zero-order valence-corrected chi connectivity index (χ0v) is 15.4. The van der Waals surface area contributed by atoms with Crippen molar-refractivity contribution >= 4 is 17.7 Å². The highest BCUT2D eigenvalue weighted by atomic mass is 32.2. The molecule has 1 amide bonds. The Bertz CT molecular complexity index is 638. The van der Waals surface area contributed by atoms with Crippen LogP contribution in [0.15, 0.2) is 53.4 Å². The summed E-state index contributed by atoms with van der Waals surface area (Å²) in [4.78, 5) is 13.4. The van der Waals surface area contributed by atoms with E-state index in [-0.39, 0.29) is 11.9 Å². The molecule has 0 aromatic heterocycles. The highest BCUT2D eigenvalue weighted by Crippen LogP contribution is 2.21. The summed E-state index contributed by atoms with van der Waals surface area (Å²) in [6, 6.07) is 16.4. The summed E-state index contributed by atoms with van der Waals surface area (Å²) in [6.45, 7) is 4.81. The Morgan fingerprint density at radius 1 is 1.12 bits per heavy atom. The van der Waals surface area contributed by atoms with Crippen LogP contribution in [0.4, 0.5) is 0 Å². The van der Waals surface area contributed by atoms with Crippen molar-refractivity contribution in [2.45, 2.75) is 31.2 Å². The molecule has 4 heteroatoms. The summed E-state index contributed by atoms with van der Waals surface area (Å²) in [5.41, 5.74) is 3.36. The third-order valence-electron chi connectivity index (χ3n) is 3.80. The normalized spacial score (nSPS) is 12.0. The number of nitrogens with one attached hydrogen (secondary N) is 1. The third-order valence-corrected chi connectivity index (χ3v) is 4.78. The maximum Gasteiger partial charge on any atom is 0.224 e. The van der Waals surface area contributed by atoms with E-state index in [0.29, 0.717) is 6.42 Å². The monoisotopic (exact) mass is 343 g/mol. The molecule has 0 aliphatic heterocycles. The molecule has 128 valence electrons. The lowest BCUT2D eigenvalue weighted by atomic mass is 10.1. The van der Waals surface area contributed by atoms with Gasteiger partial charge in [-0.15, -0.1) is 11.8 Å². The van der Waals surface area contributed by atoms with E-state index in [2.05, 4.69) is 29.6 Å². The molecule has 0 aliphatic carbocycles. The Morgan fingerprint density at radius 3 is 2.42 bits per heavy atom. The molecule has 0 fully saturated rings. The first-order chi connectivity index (χ1) is 11.6. The van der Waals surface area contributed by atoms with Gasteiger partial charge in [0.15, 0.2) is 0 Å². The molecule has 1 N–H and O–H groups in total. The lowest BCUT2D eigenvalue weighted by Crippen LogP contribution is -2.28. The summed E-state index contributed by atoms with van der Waals surface area (Å²) in [5, 5.41) is 3.07. The summed E-state index contributed by atoms with van der Waals surface area (Å²) >= 11 is 1.77. The largest absolute Gasteiger partial charge is 0.384 e. The van der Waals surface area contributed by atoms with Crippen molar-refractivity contribution in [3.05, 3.63) is 65.2 Å². The number of rotatable bonds is 8. The molecule has 0 spiro atoms. The van der Waals surface area contributed by atoms with E-state index in [4.69, 9.17) is 4.74 Å². The van der Waals surface area contributed by atoms with Gasteiger partial charge in [-0.2, -0.15) is 0 Å². The molecular formula is C20H25NO2S. The Kier molecular flexibility index (Phi) is 7.35. The Labute approximate surface area is 148 Å². The smallest absolute Gasteiger partial charge is 0.224 e. The number of hydrogen-bond acceptors (Lipinski definition) is 3.